The fourth-order valence-electron chi connectivity index (χ4n) is 1.66. The minimum absolute atomic E-state index is 0.192. The molecule has 0 amide bonds. The molecule has 0 aromatic heterocycles. The first-order valence-corrected chi connectivity index (χ1v) is 7.88. The van der Waals surface area contributed by atoms with Gasteiger partial charge in [0.25, 0.3) is 0 Å². The van der Waals surface area contributed by atoms with Crippen molar-refractivity contribution in [2.24, 2.45) is 0 Å². The highest BCUT2D eigenvalue weighted by Gasteiger charge is 2.18. The third-order valence-electron chi connectivity index (χ3n) is 2.62. The highest BCUT2D eigenvalue weighted by molar-refractivity contribution is 7.90. The minimum Gasteiger partial charge on any atom is -0.376 e. The number of hydrogen-bond donors (Lipinski definition) is 1. The van der Waals surface area contributed by atoms with Crippen LogP contribution in [0.25, 0.3) is 0 Å². The van der Waals surface area contributed by atoms with Gasteiger partial charge in [-0.3, -0.25) is 0 Å². The molecule has 0 radical (unpaired) electrons. The van der Waals surface area contributed by atoms with Gasteiger partial charge in [-0.25, -0.2) is 8.42 Å². The number of hydrogen-bond acceptors (Lipinski definition) is 5. The van der Waals surface area contributed by atoms with Gasteiger partial charge in [-0.05, 0) is 25.1 Å². The summed E-state index contributed by atoms with van der Waals surface area (Å²) in [6.45, 7) is 1.85. The van der Waals surface area contributed by atoms with Gasteiger partial charge in [0.1, 0.15) is 0 Å². The van der Waals surface area contributed by atoms with Crippen LogP contribution in [-0.2, 0) is 19.3 Å². The lowest BCUT2D eigenvalue weighted by molar-refractivity contribution is -0.109. The number of sulfone groups is 1. The molecule has 1 aromatic rings. The molecule has 1 rings (SSSR count). The summed E-state index contributed by atoms with van der Waals surface area (Å²) in [5.41, 5.74) is 0.524. The first kappa shape index (κ1) is 16.2. The van der Waals surface area contributed by atoms with E-state index < -0.39 is 16.1 Å². The van der Waals surface area contributed by atoms with Crippen molar-refractivity contribution in [3.05, 3.63) is 23.2 Å². The van der Waals surface area contributed by atoms with E-state index in [1.807, 2.05) is 6.92 Å². The third kappa shape index (κ3) is 4.35. The number of ether oxygens (including phenoxy) is 2. The van der Waals surface area contributed by atoms with E-state index in [2.05, 4.69) is 5.32 Å². The molecule has 1 unspecified atom stereocenters. The Bertz CT molecular complexity index is 529. The molecule has 1 aromatic carbocycles. The first-order valence-electron chi connectivity index (χ1n) is 5.61. The molecule has 0 heterocycles. The number of methoxy groups -OCH3 is 2. The molecule has 7 heteroatoms. The molecule has 19 heavy (non-hydrogen) atoms. The maximum atomic E-state index is 11.5. The van der Waals surface area contributed by atoms with E-state index in [-0.39, 0.29) is 10.9 Å². The number of anilines is 1. The van der Waals surface area contributed by atoms with Crippen LogP contribution in [-0.4, -0.2) is 41.2 Å². The Morgan fingerprint density at radius 2 is 1.84 bits per heavy atom. The zero-order valence-electron chi connectivity index (χ0n) is 11.3. The van der Waals surface area contributed by atoms with Gasteiger partial charge in [0, 0.05) is 20.5 Å². The van der Waals surface area contributed by atoms with Gasteiger partial charge in [0.2, 0.25) is 0 Å². The Balaban J connectivity index is 3.01. The van der Waals surface area contributed by atoms with E-state index in [0.717, 1.165) is 6.26 Å². The fraction of sp³-hybridized carbons (Fsp3) is 0.500. The smallest absolute Gasteiger partial charge is 0.176 e. The van der Waals surface area contributed by atoms with Crippen molar-refractivity contribution in [3.63, 3.8) is 0 Å². The lowest BCUT2D eigenvalue weighted by Crippen LogP contribution is -2.33. The molecule has 0 saturated heterocycles. The second-order valence-corrected chi connectivity index (χ2v) is 6.61. The van der Waals surface area contributed by atoms with Crippen molar-refractivity contribution < 1.29 is 17.9 Å². The monoisotopic (exact) mass is 307 g/mol. The summed E-state index contributed by atoms with van der Waals surface area (Å²) in [4.78, 5) is 0.206. The highest BCUT2D eigenvalue weighted by Crippen LogP contribution is 2.26. The Labute approximate surface area is 118 Å². The summed E-state index contributed by atoms with van der Waals surface area (Å²) in [7, 11) is -0.213. The molecule has 0 saturated carbocycles. The predicted octanol–water partition coefficient (Wildman–Crippen LogP) is 2.16. The van der Waals surface area contributed by atoms with Gasteiger partial charge in [-0.1, -0.05) is 11.6 Å². The van der Waals surface area contributed by atoms with Crippen LogP contribution in [0.4, 0.5) is 5.69 Å². The summed E-state index contributed by atoms with van der Waals surface area (Å²) in [6, 6.07) is 4.32. The molecule has 0 aliphatic heterocycles. The molecule has 1 atom stereocenters. The van der Waals surface area contributed by atoms with Crippen molar-refractivity contribution in [1.29, 1.82) is 0 Å². The summed E-state index contributed by atoms with van der Waals surface area (Å²) in [5, 5.41) is 3.51. The van der Waals surface area contributed by atoms with Gasteiger partial charge in [-0.2, -0.15) is 0 Å². The van der Waals surface area contributed by atoms with Crippen LogP contribution in [0.5, 0.6) is 0 Å². The van der Waals surface area contributed by atoms with E-state index >= 15 is 0 Å². The zero-order chi connectivity index (χ0) is 14.6. The molecule has 0 spiro atoms. The van der Waals surface area contributed by atoms with E-state index in [4.69, 9.17) is 21.1 Å². The number of benzene rings is 1. The van der Waals surface area contributed by atoms with Crippen LogP contribution in [0.15, 0.2) is 23.1 Å². The van der Waals surface area contributed by atoms with E-state index in [0.29, 0.717) is 10.7 Å². The SMILES string of the molecule is COC(OC)C(C)Nc1cc(S(C)(=O)=O)ccc1Cl. The van der Waals surface area contributed by atoms with Crippen LogP contribution in [0.3, 0.4) is 0 Å². The Hall–Kier alpha value is -0.820. The summed E-state index contributed by atoms with van der Waals surface area (Å²) < 4.78 is 33.3. The molecule has 0 fully saturated rings. The number of rotatable bonds is 6. The quantitative estimate of drug-likeness (QED) is 0.816. The van der Waals surface area contributed by atoms with Crippen molar-refractivity contribution in [2.45, 2.75) is 24.2 Å². The van der Waals surface area contributed by atoms with Gasteiger partial charge in [0.15, 0.2) is 16.1 Å². The van der Waals surface area contributed by atoms with Gasteiger partial charge < -0.3 is 14.8 Å². The molecule has 108 valence electrons. The van der Waals surface area contributed by atoms with E-state index in [1.165, 1.54) is 26.4 Å². The average Bonchev–Trinajstić information content (AvgIpc) is 2.32. The normalized spacial score (nSPS) is 13.6. The minimum atomic E-state index is -3.27. The third-order valence-corrected chi connectivity index (χ3v) is 4.06. The largest absolute Gasteiger partial charge is 0.376 e. The van der Waals surface area contributed by atoms with E-state index in [9.17, 15) is 8.42 Å². The van der Waals surface area contributed by atoms with Crippen LogP contribution >= 0.6 is 11.6 Å². The lowest BCUT2D eigenvalue weighted by Gasteiger charge is -2.23. The summed E-state index contributed by atoms with van der Waals surface area (Å²) >= 11 is 6.04. The zero-order valence-corrected chi connectivity index (χ0v) is 12.9. The Morgan fingerprint density at radius 3 is 2.32 bits per heavy atom. The standard InChI is InChI=1S/C12H18ClNO4S/c1-8(12(17-2)18-3)14-11-7-9(19(4,15)16)5-6-10(11)13/h5-8,12,14H,1-4H3. The number of halogens is 1. The first-order chi connectivity index (χ1) is 8.79. The maximum Gasteiger partial charge on any atom is 0.176 e. The van der Waals surface area contributed by atoms with Gasteiger partial charge in [-0.15, -0.1) is 0 Å². The average molecular weight is 308 g/mol. The molecule has 1 N–H and O–H groups in total. The van der Waals surface area contributed by atoms with Crippen molar-refractivity contribution in [3.8, 4) is 0 Å². The topological polar surface area (TPSA) is 64.6 Å². The summed E-state index contributed by atoms with van der Waals surface area (Å²) in [6.07, 6.45) is 0.689. The van der Waals surface area contributed by atoms with Crippen LogP contribution < -0.4 is 5.32 Å². The second-order valence-electron chi connectivity index (χ2n) is 4.19. The molecule has 0 bridgehead atoms. The van der Waals surface area contributed by atoms with Crippen LogP contribution in [0.1, 0.15) is 6.92 Å². The molecule has 5 nitrogen and oxygen atoms in total. The van der Waals surface area contributed by atoms with Crippen molar-refractivity contribution in [1.82, 2.24) is 0 Å². The molecular formula is C12H18ClNO4S. The van der Waals surface area contributed by atoms with E-state index in [1.54, 1.807) is 6.07 Å². The molecule has 0 aliphatic rings. The van der Waals surface area contributed by atoms with Crippen LogP contribution in [0.2, 0.25) is 5.02 Å². The maximum absolute atomic E-state index is 11.5. The highest BCUT2D eigenvalue weighted by atomic mass is 35.5. The predicted molar refractivity (Wildman–Crippen MR) is 75.5 cm³/mol. The summed E-state index contributed by atoms with van der Waals surface area (Å²) in [5.74, 6) is 0. The van der Waals surface area contributed by atoms with Crippen molar-refractivity contribution >= 4 is 27.1 Å². The van der Waals surface area contributed by atoms with Gasteiger partial charge >= 0.3 is 0 Å². The van der Waals surface area contributed by atoms with Gasteiger partial charge in [0.05, 0.1) is 21.6 Å². The number of nitrogens with one attached hydrogen (secondary N) is 1. The Morgan fingerprint density at radius 1 is 1.26 bits per heavy atom. The van der Waals surface area contributed by atoms with Crippen LogP contribution in [0, 0.1) is 0 Å². The van der Waals surface area contributed by atoms with Crippen molar-refractivity contribution in [2.75, 3.05) is 25.8 Å². The lowest BCUT2D eigenvalue weighted by atomic mass is 10.2. The second kappa shape index (κ2) is 6.56. The molecular weight excluding hydrogens is 290 g/mol. The Kier molecular flexibility index (Phi) is 5.61. The molecule has 0 aliphatic carbocycles. The fourth-order valence-corrected chi connectivity index (χ4v) is 2.48.